The number of hydrogen-bond acceptors (Lipinski definition) is 7. The summed E-state index contributed by atoms with van der Waals surface area (Å²) in [6, 6.07) is 13.9. The SMILES string of the molecule is CNc1ncc2c(n1)-c1cc(C(=O)N[C@@H](Cc3cccc(F)c3)CN3C(=O)c4ccccc4C3=O)sc1CC2. The van der Waals surface area contributed by atoms with Crippen molar-refractivity contribution in [2.24, 2.45) is 0 Å². The Balaban J connectivity index is 1.27. The lowest BCUT2D eigenvalue weighted by atomic mass is 9.96. The summed E-state index contributed by atoms with van der Waals surface area (Å²) in [6.07, 6.45) is 3.62. The molecule has 0 unspecified atom stereocenters. The zero-order chi connectivity index (χ0) is 27.1. The highest BCUT2D eigenvalue weighted by Crippen LogP contribution is 2.38. The van der Waals surface area contributed by atoms with Crippen LogP contribution in [-0.4, -0.2) is 52.2 Å². The Morgan fingerprint density at radius 1 is 1.05 bits per heavy atom. The lowest BCUT2D eigenvalue weighted by Crippen LogP contribution is -2.46. The van der Waals surface area contributed by atoms with E-state index in [0.717, 1.165) is 39.4 Å². The van der Waals surface area contributed by atoms with Gasteiger partial charge >= 0.3 is 0 Å². The predicted octanol–water partition coefficient (Wildman–Crippen LogP) is 4.12. The highest BCUT2D eigenvalue weighted by atomic mass is 32.1. The number of amides is 3. The van der Waals surface area contributed by atoms with Gasteiger partial charge in [-0.25, -0.2) is 14.4 Å². The van der Waals surface area contributed by atoms with Crippen LogP contribution in [-0.2, 0) is 19.3 Å². The van der Waals surface area contributed by atoms with Crippen molar-refractivity contribution < 1.29 is 18.8 Å². The molecule has 0 spiro atoms. The van der Waals surface area contributed by atoms with Crippen molar-refractivity contribution in [1.29, 1.82) is 0 Å². The summed E-state index contributed by atoms with van der Waals surface area (Å²) in [5.74, 6) is -1.02. The van der Waals surface area contributed by atoms with E-state index < -0.39 is 23.7 Å². The molecule has 10 heteroatoms. The van der Waals surface area contributed by atoms with Gasteiger partial charge in [0.2, 0.25) is 5.95 Å². The van der Waals surface area contributed by atoms with E-state index in [-0.39, 0.29) is 18.9 Å². The molecule has 6 rings (SSSR count). The molecular weight excluding hydrogens is 517 g/mol. The number of thiophene rings is 1. The Kier molecular flexibility index (Phi) is 6.40. The zero-order valence-corrected chi connectivity index (χ0v) is 21.8. The van der Waals surface area contributed by atoms with Gasteiger partial charge in [0.15, 0.2) is 0 Å². The number of imide groups is 1. The molecule has 0 fully saturated rings. The lowest BCUT2D eigenvalue weighted by Gasteiger charge is -2.24. The number of aromatic nitrogens is 2. The highest BCUT2D eigenvalue weighted by Gasteiger charge is 2.37. The van der Waals surface area contributed by atoms with Gasteiger partial charge < -0.3 is 10.6 Å². The van der Waals surface area contributed by atoms with E-state index in [1.54, 1.807) is 43.4 Å². The monoisotopic (exact) mass is 541 g/mol. The van der Waals surface area contributed by atoms with E-state index in [1.165, 1.54) is 23.5 Å². The third kappa shape index (κ3) is 4.67. The van der Waals surface area contributed by atoms with Crippen LogP contribution in [0.5, 0.6) is 0 Å². The van der Waals surface area contributed by atoms with Gasteiger partial charge in [-0.2, -0.15) is 0 Å². The van der Waals surface area contributed by atoms with Gasteiger partial charge in [-0.3, -0.25) is 19.3 Å². The van der Waals surface area contributed by atoms with E-state index in [4.69, 9.17) is 0 Å². The van der Waals surface area contributed by atoms with Crippen molar-refractivity contribution in [3.8, 4) is 11.3 Å². The highest BCUT2D eigenvalue weighted by molar-refractivity contribution is 7.14. The minimum Gasteiger partial charge on any atom is -0.357 e. The first-order valence-electron chi connectivity index (χ1n) is 12.6. The fraction of sp³-hybridized carbons (Fsp3) is 0.207. The van der Waals surface area contributed by atoms with E-state index in [0.29, 0.717) is 27.5 Å². The third-order valence-corrected chi connectivity index (χ3v) is 8.18. The smallest absolute Gasteiger partial charge is 0.261 e. The van der Waals surface area contributed by atoms with Gasteiger partial charge in [-0.05, 0) is 60.7 Å². The summed E-state index contributed by atoms with van der Waals surface area (Å²) in [5.41, 5.74) is 4.07. The van der Waals surface area contributed by atoms with Crippen LogP contribution in [0.15, 0.2) is 60.8 Å². The second kappa shape index (κ2) is 10.0. The molecule has 39 heavy (non-hydrogen) atoms. The molecule has 196 valence electrons. The van der Waals surface area contributed by atoms with Crippen LogP contribution in [0.2, 0.25) is 0 Å². The molecule has 3 amide bonds. The van der Waals surface area contributed by atoms with Crippen molar-refractivity contribution in [3.63, 3.8) is 0 Å². The average molecular weight is 542 g/mol. The summed E-state index contributed by atoms with van der Waals surface area (Å²) in [5, 5.41) is 5.96. The van der Waals surface area contributed by atoms with Crippen molar-refractivity contribution in [3.05, 3.63) is 98.6 Å². The number of rotatable bonds is 7. The van der Waals surface area contributed by atoms with Crippen molar-refractivity contribution in [1.82, 2.24) is 20.2 Å². The van der Waals surface area contributed by atoms with Gasteiger partial charge in [0.05, 0.1) is 27.7 Å². The van der Waals surface area contributed by atoms with Crippen molar-refractivity contribution in [2.75, 3.05) is 18.9 Å². The minimum atomic E-state index is -0.633. The maximum atomic E-state index is 13.9. The van der Waals surface area contributed by atoms with Gasteiger partial charge in [0.1, 0.15) is 5.82 Å². The number of fused-ring (bicyclic) bond motifs is 4. The Morgan fingerprint density at radius 2 is 1.82 bits per heavy atom. The zero-order valence-electron chi connectivity index (χ0n) is 21.0. The number of carbonyl (C=O) groups excluding carboxylic acids is 3. The maximum absolute atomic E-state index is 13.9. The van der Waals surface area contributed by atoms with Crippen LogP contribution in [0.4, 0.5) is 10.3 Å². The van der Waals surface area contributed by atoms with Crippen molar-refractivity contribution in [2.45, 2.75) is 25.3 Å². The van der Waals surface area contributed by atoms with Crippen LogP contribution in [0.25, 0.3) is 11.3 Å². The van der Waals surface area contributed by atoms with Gasteiger partial charge in [-0.1, -0.05) is 24.3 Å². The van der Waals surface area contributed by atoms with Gasteiger partial charge in [-0.15, -0.1) is 11.3 Å². The van der Waals surface area contributed by atoms with Crippen LogP contribution < -0.4 is 10.6 Å². The lowest BCUT2D eigenvalue weighted by molar-refractivity contribution is 0.0629. The molecule has 2 aliphatic rings. The number of halogens is 1. The average Bonchev–Trinajstić information content (AvgIpc) is 3.49. The molecule has 2 aromatic heterocycles. The fourth-order valence-electron chi connectivity index (χ4n) is 5.11. The largest absolute Gasteiger partial charge is 0.357 e. The normalized spacial score (nSPS) is 14.5. The number of benzene rings is 2. The molecular formula is C29H24FN5O3S. The molecule has 0 radical (unpaired) electrons. The predicted molar refractivity (Wildman–Crippen MR) is 145 cm³/mol. The van der Waals surface area contributed by atoms with E-state index in [9.17, 15) is 18.8 Å². The number of hydrogen-bond donors (Lipinski definition) is 2. The third-order valence-electron chi connectivity index (χ3n) is 6.98. The second-order valence-corrected chi connectivity index (χ2v) is 10.7. The van der Waals surface area contributed by atoms with E-state index >= 15 is 0 Å². The van der Waals surface area contributed by atoms with Crippen LogP contribution >= 0.6 is 11.3 Å². The van der Waals surface area contributed by atoms with Gasteiger partial charge in [0, 0.05) is 30.2 Å². The van der Waals surface area contributed by atoms with Crippen molar-refractivity contribution >= 4 is 35.0 Å². The number of carbonyl (C=O) groups is 3. The van der Waals surface area contributed by atoms with Crippen LogP contribution in [0.1, 0.15) is 46.4 Å². The molecule has 0 saturated carbocycles. The Bertz CT molecular complexity index is 1600. The summed E-state index contributed by atoms with van der Waals surface area (Å²) in [4.78, 5) is 51.2. The molecule has 2 aromatic carbocycles. The van der Waals surface area contributed by atoms with E-state index in [2.05, 4.69) is 20.6 Å². The standard InChI is InChI=1S/C29H24FN5O3S/c1-31-29-32-14-17-9-10-23-22(25(17)34-29)13-24(39-23)26(36)33-19(12-16-5-4-6-18(30)11-16)15-35-27(37)20-7-2-3-8-21(20)28(35)38/h2-8,11,13-14,19H,9-10,12,15H2,1H3,(H,33,36)(H,31,32,34)/t19-/m0/s1. The van der Waals surface area contributed by atoms with Crippen LogP contribution in [0, 0.1) is 5.82 Å². The Labute approximate surface area is 227 Å². The molecule has 1 aliphatic heterocycles. The first-order valence-corrected chi connectivity index (χ1v) is 13.4. The molecule has 0 bridgehead atoms. The quantitative estimate of drug-likeness (QED) is 0.341. The molecule has 8 nitrogen and oxygen atoms in total. The first-order chi connectivity index (χ1) is 18.9. The first kappa shape index (κ1) is 24.9. The molecule has 0 saturated heterocycles. The Morgan fingerprint density at radius 3 is 2.54 bits per heavy atom. The second-order valence-electron chi connectivity index (χ2n) is 9.54. The number of nitrogens with one attached hydrogen (secondary N) is 2. The molecule has 1 aliphatic carbocycles. The molecule has 4 aromatic rings. The number of anilines is 1. The maximum Gasteiger partial charge on any atom is 0.261 e. The summed E-state index contributed by atoms with van der Waals surface area (Å²) in [7, 11) is 1.76. The van der Waals surface area contributed by atoms with E-state index in [1.807, 2.05) is 12.3 Å². The number of aryl methyl sites for hydroxylation is 2. The van der Waals surface area contributed by atoms with Gasteiger partial charge in [0.25, 0.3) is 17.7 Å². The summed E-state index contributed by atoms with van der Waals surface area (Å²) < 4.78 is 13.9. The molecule has 3 heterocycles. The Hall–Kier alpha value is -4.44. The molecule has 1 atom stereocenters. The van der Waals surface area contributed by atoms with Crippen LogP contribution in [0.3, 0.4) is 0 Å². The number of nitrogens with zero attached hydrogens (tertiary/aromatic N) is 3. The molecule has 2 N–H and O–H groups in total. The fourth-order valence-corrected chi connectivity index (χ4v) is 6.17. The minimum absolute atomic E-state index is 0.0404. The topological polar surface area (TPSA) is 104 Å². The summed E-state index contributed by atoms with van der Waals surface area (Å²) >= 11 is 1.40. The summed E-state index contributed by atoms with van der Waals surface area (Å²) in [6.45, 7) is -0.0404.